The standard InChI is InChI=1S/C13H11ClN2O2/c1-8-12(9(2)17)7-15-16(8)13(18)10-3-5-11(14)6-4-10/h3-7H,1-2H3. The molecule has 0 unspecified atom stereocenters. The highest BCUT2D eigenvalue weighted by Crippen LogP contribution is 2.13. The van der Waals surface area contributed by atoms with E-state index in [1.807, 2.05) is 0 Å². The van der Waals surface area contributed by atoms with Crippen LogP contribution in [0.5, 0.6) is 0 Å². The average Bonchev–Trinajstić information content (AvgIpc) is 2.71. The van der Waals surface area contributed by atoms with E-state index >= 15 is 0 Å². The normalized spacial score (nSPS) is 10.4. The number of halogens is 1. The summed E-state index contributed by atoms with van der Waals surface area (Å²) in [5.74, 6) is -0.390. The molecule has 0 N–H and O–H groups in total. The van der Waals surface area contributed by atoms with E-state index in [9.17, 15) is 9.59 Å². The molecule has 0 fully saturated rings. The van der Waals surface area contributed by atoms with Crippen LogP contribution < -0.4 is 0 Å². The molecular formula is C13H11ClN2O2. The maximum absolute atomic E-state index is 12.2. The van der Waals surface area contributed by atoms with E-state index in [1.54, 1.807) is 31.2 Å². The maximum atomic E-state index is 12.2. The van der Waals surface area contributed by atoms with E-state index in [0.29, 0.717) is 21.8 Å². The topological polar surface area (TPSA) is 52.0 Å². The Balaban J connectivity index is 2.40. The predicted octanol–water partition coefficient (Wildman–Crippen LogP) is 2.74. The third-order valence-corrected chi connectivity index (χ3v) is 2.92. The molecular weight excluding hydrogens is 252 g/mol. The second kappa shape index (κ2) is 4.74. The molecule has 0 atom stereocenters. The van der Waals surface area contributed by atoms with Gasteiger partial charge in [-0.15, -0.1) is 0 Å². The van der Waals surface area contributed by atoms with Crippen LogP contribution in [0.2, 0.25) is 5.02 Å². The molecule has 18 heavy (non-hydrogen) atoms. The van der Waals surface area contributed by atoms with Gasteiger partial charge in [-0.25, -0.2) is 4.68 Å². The van der Waals surface area contributed by atoms with E-state index in [2.05, 4.69) is 5.10 Å². The summed E-state index contributed by atoms with van der Waals surface area (Å²) < 4.78 is 1.22. The smallest absolute Gasteiger partial charge is 0.278 e. The number of Topliss-reactive ketones (excluding diaryl/α,β-unsaturated/α-hetero) is 1. The Bertz CT molecular complexity index is 614. The molecule has 5 heteroatoms. The predicted molar refractivity (Wildman–Crippen MR) is 68.1 cm³/mol. The number of hydrogen-bond acceptors (Lipinski definition) is 3. The van der Waals surface area contributed by atoms with Crippen molar-refractivity contribution in [1.82, 2.24) is 9.78 Å². The summed E-state index contributed by atoms with van der Waals surface area (Å²) in [5, 5.41) is 4.51. The van der Waals surface area contributed by atoms with Gasteiger partial charge in [-0.1, -0.05) is 11.6 Å². The first-order valence-corrected chi connectivity index (χ1v) is 5.74. The second-order valence-corrected chi connectivity index (χ2v) is 4.36. The number of hydrogen-bond donors (Lipinski definition) is 0. The van der Waals surface area contributed by atoms with Crippen molar-refractivity contribution in [2.24, 2.45) is 0 Å². The zero-order valence-corrected chi connectivity index (χ0v) is 10.7. The number of benzene rings is 1. The first-order chi connectivity index (χ1) is 8.50. The minimum atomic E-state index is -0.281. The first-order valence-electron chi connectivity index (χ1n) is 5.36. The van der Waals surface area contributed by atoms with Gasteiger partial charge in [0.1, 0.15) is 0 Å². The van der Waals surface area contributed by atoms with E-state index in [0.717, 1.165) is 0 Å². The molecule has 2 aromatic rings. The largest absolute Gasteiger partial charge is 0.294 e. The number of carbonyl (C=O) groups excluding carboxylic acids is 2. The van der Waals surface area contributed by atoms with Crippen LogP contribution in [-0.2, 0) is 0 Å². The lowest BCUT2D eigenvalue weighted by atomic mass is 10.2. The number of carbonyl (C=O) groups is 2. The van der Waals surface area contributed by atoms with Crippen LogP contribution in [0.25, 0.3) is 0 Å². The zero-order valence-electron chi connectivity index (χ0n) is 9.98. The highest BCUT2D eigenvalue weighted by Gasteiger charge is 2.16. The number of aromatic nitrogens is 2. The van der Waals surface area contributed by atoms with Crippen molar-refractivity contribution in [3.05, 3.63) is 52.3 Å². The average molecular weight is 263 g/mol. The molecule has 1 aromatic carbocycles. The lowest BCUT2D eigenvalue weighted by Gasteiger charge is -2.03. The molecule has 0 saturated carbocycles. The Morgan fingerprint density at radius 1 is 1.22 bits per heavy atom. The van der Waals surface area contributed by atoms with Gasteiger partial charge in [0.2, 0.25) is 0 Å². The highest BCUT2D eigenvalue weighted by atomic mass is 35.5. The Labute approximate surface area is 109 Å². The van der Waals surface area contributed by atoms with Gasteiger partial charge in [0.15, 0.2) is 5.78 Å². The number of nitrogens with zero attached hydrogens (tertiary/aromatic N) is 2. The van der Waals surface area contributed by atoms with Crippen molar-refractivity contribution in [3.63, 3.8) is 0 Å². The fourth-order valence-corrected chi connectivity index (χ4v) is 1.80. The van der Waals surface area contributed by atoms with E-state index in [1.165, 1.54) is 17.8 Å². The molecule has 1 heterocycles. The minimum Gasteiger partial charge on any atom is -0.294 e. The highest BCUT2D eigenvalue weighted by molar-refractivity contribution is 6.30. The van der Waals surface area contributed by atoms with Gasteiger partial charge in [-0.3, -0.25) is 9.59 Å². The Hall–Kier alpha value is -1.94. The summed E-state index contributed by atoms with van der Waals surface area (Å²) in [6, 6.07) is 6.53. The minimum absolute atomic E-state index is 0.109. The maximum Gasteiger partial charge on any atom is 0.278 e. The summed E-state index contributed by atoms with van der Waals surface area (Å²) in [5.41, 5.74) is 1.47. The van der Waals surface area contributed by atoms with Crippen LogP contribution in [0.15, 0.2) is 30.5 Å². The Kier molecular flexibility index (Phi) is 3.30. The van der Waals surface area contributed by atoms with E-state index in [-0.39, 0.29) is 11.7 Å². The van der Waals surface area contributed by atoms with Crippen molar-refractivity contribution in [2.75, 3.05) is 0 Å². The van der Waals surface area contributed by atoms with Crippen LogP contribution in [-0.4, -0.2) is 21.5 Å². The van der Waals surface area contributed by atoms with Gasteiger partial charge in [-0.2, -0.15) is 5.10 Å². The van der Waals surface area contributed by atoms with Crippen LogP contribution in [0.4, 0.5) is 0 Å². The van der Waals surface area contributed by atoms with Gasteiger partial charge in [0, 0.05) is 10.6 Å². The van der Waals surface area contributed by atoms with Gasteiger partial charge in [0.05, 0.1) is 17.5 Å². The summed E-state index contributed by atoms with van der Waals surface area (Å²) in [4.78, 5) is 23.5. The monoisotopic (exact) mass is 262 g/mol. The van der Waals surface area contributed by atoms with Crippen molar-refractivity contribution in [2.45, 2.75) is 13.8 Å². The second-order valence-electron chi connectivity index (χ2n) is 3.92. The molecule has 0 spiro atoms. The van der Waals surface area contributed by atoms with Crippen molar-refractivity contribution >= 4 is 23.3 Å². The fourth-order valence-electron chi connectivity index (χ4n) is 1.67. The molecule has 0 aliphatic rings. The van der Waals surface area contributed by atoms with Crippen molar-refractivity contribution in [1.29, 1.82) is 0 Å². The van der Waals surface area contributed by atoms with Crippen molar-refractivity contribution in [3.8, 4) is 0 Å². The molecule has 0 radical (unpaired) electrons. The van der Waals surface area contributed by atoms with Crippen molar-refractivity contribution < 1.29 is 9.59 Å². The molecule has 0 aliphatic heterocycles. The van der Waals surface area contributed by atoms with Gasteiger partial charge in [0.25, 0.3) is 5.91 Å². The molecule has 0 saturated heterocycles. The quantitative estimate of drug-likeness (QED) is 0.782. The lowest BCUT2D eigenvalue weighted by Crippen LogP contribution is -2.15. The molecule has 0 amide bonds. The van der Waals surface area contributed by atoms with Crippen LogP contribution in [0, 0.1) is 6.92 Å². The van der Waals surface area contributed by atoms with Gasteiger partial charge >= 0.3 is 0 Å². The Morgan fingerprint density at radius 3 is 2.33 bits per heavy atom. The zero-order chi connectivity index (χ0) is 13.3. The fraction of sp³-hybridized carbons (Fsp3) is 0.154. The summed E-state index contributed by atoms with van der Waals surface area (Å²) in [6.45, 7) is 3.14. The first kappa shape index (κ1) is 12.5. The Morgan fingerprint density at radius 2 is 1.83 bits per heavy atom. The molecule has 0 bridgehead atoms. The summed E-state index contributed by atoms with van der Waals surface area (Å²) >= 11 is 5.76. The van der Waals surface area contributed by atoms with Crippen LogP contribution >= 0.6 is 11.6 Å². The lowest BCUT2D eigenvalue weighted by molar-refractivity contribution is 0.0943. The number of ketones is 1. The van der Waals surface area contributed by atoms with E-state index in [4.69, 9.17) is 11.6 Å². The third kappa shape index (κ3) is 2.19. The summed E-state index contributed by atoms with van der Waals surface area (Å²) in [6.07, 6.45) is 1.41. The molecule has 2 rings (SSSR count). The molecule has 4 nitrogen and oxygen atoms in total. The number of rotatable bonds is 2. The molecule has 92 valence electrons. The molecule has 0 aliphatic carbocycles. The SMILES string of the molecule is CC(=O)c1cnn(C(=O)c2ccc(Cl)cc2)c1C. The summed E-state index contributed by atoms with van der Waals surface area (Å²) in [7, 11) is 0. The van der Waals surface area contributed by atoms with Gasteiger partial charge < -0.3 is 0 Å². The third-order valence-electron chi connectivity index (χ3n) is 2.67. The van der Waals surface area contributed by atoms with Crippen LogP contribution in [0.1, 0.15) is 33.3 Å². The van der Waals surface area contributed by atoms with Crippen LogP contribution in [0.3, 0.4) is 0 Å². The van der Waals surface area contributed by atoms with Gasteiger partial charge in [-0.05, 0) is 38.1 Å². The van der Waals surface area contributed by atoms with E-state index < -0.39 is 0 Å². The molecule has 1 aromatic heterocycles.